The third-order valence-electron chi connectivity index (χ3n) is 5.67. The first kappa shape index (κ1) is 23.6. The molecule has 1 unspecified atom stereocenters. The monoisotopic (exact) mass is 464 g/mol. The molecule has 0 aliphatic carbocycles. The molecule has 0 saturated heterocycles. The number of hydrogen-bond donors (Lipinski definition) is 1. The van der Waals surface area contributed by atoms with Crippen LogP contribution in [0.3, 0.4) is 0 Å². The molecule has 1 aliphatic heterocycles. The zero-order chi connectivity index (χ0) is 24.2. The minimum atomic E-state index is -0.235. The maximum atomic E-state index is 12.1. The average molecular weight is 465 g/mol. The van der Waals surface area contributed by atoms with Crippen LogP contribution in [0.5, 0.6) is 11.5 Å². The number of carbonyl (C=O) groups is 1. The van der Waals surface area contributed by atoms with Crippen molar-refractivity contribution in [2.75, 3.05) is 25.6 Å². The summed E-state index contributed by atoms with van der Waals surface area (Å²) in [5, 5.41) is 3.44. The maximum Gasteiger partial charge on any atom is 0.219 e. The third-order valence-corrected chi connectivity index (χ3v) is 5.67. The summed E-state index contributed by atoms with van der Waals surface area (Å²) in [5.74, 6) is 1.51. The van der Waals surface area contributed by atoms with Gasteiger partial charge in [0.25, 0.3) is 0 Å². The zero-order valence-electron chi connectivity index (χ0n) is 20.4. The van der Waals surface area contributed by atoms with Crippen molar-refractivity contribution < 1.29 is 19.0 Å². The molecule has 1 amide bonds. The molecule has 1 N–H and O–H groups in total. The maximum absolute atomic E-state index is 12.1. The molecule has 1 aliphatic rings. The summed E-state index contributed by atoms with van der Waals surface area (Å²) >= 11 is 0. The molecule has 2 aromatic carbocycles. The van der Waals surface area contributed by atoms with Crippen molar-refractivity contribution in [3.63, 3.8) is 0 Å². The van der Waals surface area contributed by atoms with Crippen molar-refractivity contribution in [3.05, 3.63) is 60.2 Å². The van der Waals surface area contributed by atoms with Gasteiger partial charge >= 0.3 is 0 Å². The fourth-order valence-corrected chi connectivity index (χ4v) is 3.92. The van der Waals surface area contributed by atoms with Gasteiger partial charge in [-0.15, -0.1) is 0 Å². The number of nitrogens with one attached hydrogen (secondary N) is 1. The predicted molar refractivity (Wildman–Crippen MR) is 131 cm³/mol. The number of nitrogens with zero attached hydrogens (tertiary/aromatic N) is 3. The van der Waals surface area contributed by atoms with Gasteiger partial charge in [-0.3, -0.25) is 4.79 Å². The molecule has 0 radical (unpaired) electrons. The molecule has 8 heteroatoms. The lowest BCUT2D eigenvalue weighted by Gasteiger charge is -2.23. The number of carbonyl (C=O) groups excluding carboxylic acids is 1. The van der Waals surface area contributed by atoms with Crippen molar-refractivity contribution in [1.82, 2.24) is 14.5 Å². The Morgan fingerprint density at radius 2 is 2.00 bits per heavy atom. The molecule has 0 saturated carbocycles. The van der Waals surface area contributed by atoms with Crippen molar-refractivity contribution in [2.24, 2.45) is 0 Å². The molecule has 0 spiro atoms. The van der Waals surface area contributed by atoms with E-state index in [2.05, 4.69) is 10.3 Å². The fraction of sp³-hybridized carbons (Fsp3) is 0.385. The number of methoxy groups -OCH3 is 1. The summed E-state index contributed by atoms with van der Waals surface area (Å²) in [6.07, 6.45) is 3.59. The second kappa shape index (κ2) is 10.2. The molecule has 1 aromatic heterocycles. The van der Waals surface area contributed by atoms with Gasteiger partial charge < -0.3 is 29.0 Å². The Morgan fingerprint density at radius 3 is 2.68 bits per heavy atom. The van der Waals surface area contributed by atoms with Crippen LogP contribution in [0.2, 0.25) is 0 Å². The fourth-order valence-electron chi connectivity index (χ4n) is 3.92. The van der Waals surface area contributed by atoms with Crippen LogP contribution in [0.15, 0.2) is 48.9 Å². The largest absolute Gasteiger partial charge is 0.494 e. The van der Waals surface area contributed by atoms with Gasteiger partial charge in [-0.05, 0) is 39.0 Å². The summed E-state index contributed by atoms with van der Waals surface area (Å²) in [7, 11) is 1.66. The molecular weight excluding hydrogens is 432 g/mol. The smallest absolute Gasteiger partial charge is 0.219 e. The van der Waals surface area contributed by atoms with Crippen LogP contribution in [-0.4, -0.2) is 52.8 Å². The van der Waals surface area contributed by atoms with Crippen LogP contribution in [0.4, 0.5) is 11.4 Å². The van der Waals surface area contributed by atoms with E-state index in [1.54, 1.807) is 25.3 Å². The van der Waals surface area contributed by atoms with Crippen LogP contribution in [0.1, 0.15) is 32.0 Å². The summed E-state index contributed by atoms with van der Waals surface area (Å²) in [5.41, 5.74) is 4.59. The van der Waals surface area contributed by atoms with Crippen molar-refractivity contribution in [2.45, 2.75) is 46.4 Å². The molecule has 180 valence electrons. The SMILES string of the molecule is COc1cc(Nc2ccc3c(c2)OC(COC(C)C)CN(C(C)=O)C3)ccc1-n1cnc(C)c1. The Balaban J connectivity index is 1.57. The van der Waals surface area contributed by atoms with E-state index in [9.17, 15) is 4.79 Å². The van der Waals surface area contributed by atoms with E-state index < -0.39 is 0 Å². The molecule has 2 heterocycles. The highest BCUT2D eigenvalue weighted by molar-refractivity contribution is 5.74. The van der Waals surface area contributed by atoms with Crippen LogP contribution in [0.25, 0.3) is 5.69 Å². The van der Waals surface area contributed by atoms with E-state index in [1.165, 1.54) is 0 Å². The standard InChI is InChI=1S/C26H32N4O4/c1-17(2)33-15-23-14-29(19(4)31)13-20-6-7-21(10-25(20)34-23)28-22-8-9-24(26(11-22)32-5)30-12-18(3)27-16-30/h6-12,16-17,23,28H,13-15H2,1-5H3. The van der Waals surface area contributed by atoms with Crippen LogP contribution < -0.4 is 14.8 Å². The van der Waals surface area contributed by atoms with E-state index in [4.69, 9.17) is 14.2 Å². The van der Waals surface area contributed by atoms with E-state index in [-0.39, 0.29) is 18.1 Å². The number of fused-ring (bicyclic) bond motifs is 1. The molecule has 8 nitrogen and oxygen atoms in total. The van der Waals surface area contributed by atoms with E-state index in [0.29, 0.717) is 19.7 Å². The molecule has 34 heavy (non-hydrogen) atoms. The molecule has 3 aromatic rings. The molecule has 0 fully saturated rings. The van der Waals surface area contributed by atoms with Crippen LogP contribution in [0, 0.1) is 6.92 Å². The predicted octanol–water partition coefficient (Wildman–Crippen LogP) is 4.47. The highest BCUT2D eigenvalue weighted by Gasteiger charge is 2.25. The Labute approximate surface area is 200 Å². The first-order chi connectivity index (χ1) is 16.3. The van der Waals surface area contributed by atoms with E-state index in [0.717, 1.165) is 39.8 Å². The van der Waals surface area contributed by atoms with Gasteiger partial charge in [0.1, 0.15) is 17.6 Å². The van der Waals surface area contributed by atoms with Gasteiger partial charge in [0.15, 0.2) is 0 Å². The van der Waals surface area contributed by atoms with Crippen LogP contribution >= 0.6 is 0 Å². The second-order valence-corrected chi connectivity index (χ2v) is 8.78. The topological polar surface area (TPSA) is 77.9 Å². The van der Waals surface area contributed by atoms with Gasteiger partial charge in [0, 0.05) is 48.7 Å². The zero-order valence-corrected chi connectivity index (χ0v) is 20.4. The highest BCUT2D eigenvalue weighted by atomic mass is 16.5. The van der Waals surface area contributed by atoms with Gasteiger partial charge in [-0.2, -0.15) is 0 Å². The van der Waals surface area contributed by atoms with Crippen molar-refractivity contribution >= 4 is 17.3 Å². The van der Waals surface area contributed by atoms with Gasteiger partial charge in [-0.25, -0.2) is 4.98 Å². The van der Waals surface area contributed by atoms with Gasteiger partial charge in [0.05, 0.1) is 44.1 Å². The number of amides is 1. The number of aryl methyl sites for hydroxylation is 1. The highest BCUT2D eigenvalue weighted by Crippen LogP contribution is 2.32. The Kier molecular flexibility index (Phi) is 7.07. The minimum absolute atomic E-state index is 0.0217. The average Bonchev–Trinajstić information content (AvgIpc) is 3.14. The Bertz CT molecular complexity index is 1160. The number of rotatable bonds is 7. The molecule has 1 atom stereocenters. The second-order valence-electron chi connectivity index (χ2n) is 8.78. The summed E-state index contributed by atoms with van der Waals surface area (Å²) in [6, 6.07) is 11.9. The third kappa shape index (κ3) is 5.51. The normalized spacial score (nSPS) is 15.5. The number of ether oxygens (including phenoxy) is 3. The molecule has 4 rings (SSSR count). The summed E-state index contributed by atoms with van der Waals surface area (Å²) in [4.78, 5) is 18.2. The number of imidazole rings is 1. The summed E-state index contributed by atoms with van der Waals surface area (Å²) < 4.78 is 19.6. The number of benzene rings is 2. The van der Waals surface area contributed by atoms with Gasteiger partial charge in [0.2, 0.25) is 5.91 Å². The minimum Gasteiger partial charge on any atom is -0.494 e. The first-order valence-electron chi connectivity index (χ1n) is 11.4. The number of hydrogen-bond acceptors (Lipinski definition) is 6. The van der Waals surface area contributed by atoms with E-state index in [1.807, 2.05) is 67.9 Å². The van der Waals surface area contributed by atoms with Crippen molar-refractivity contribution in [1.29, 1.82) is 0 Å². The lowest BCUT2D eigenvalue weighted by atomic mass is 10.1. The molecular formula is C26H32N4O4. The van der Waals surface area contributed by atoms with Crippen LogP contribution in [-0.2, 0) is 16.1 Å². The quantitative estimate of drug-likeness (QED) is 0.556. The van der Waals surface area contributed by atoms with Crippen molar-refractivity contribution in [3.8, 4) is 17.2 Å². The first-order valence-corrected chi connectivity index (χ1v) is 11.4. The lowest BCUT2D eigenvalue weighted by molar-refractivity contribution is -0.130. The Hall–Kier alpha value is -3.52. The van der Waals surface area contributed by atoms with Gasteiger partial charge in [-0.1, -0.05) is 6.07 Å². The lowest BCUT2D eigenvalue weighted by Crippen LogP contribution is -2.38. The Morgan fingerprint density at radius 1 is 1.24 bits per heavy atom. The molecule has 0 bridgehead atoms. The number of anilines is 2. The summed E-state index contributed by atoms with van der Waals surface area (Å²) in [6.45, 7) is 8.94. The van der Waals surface area contributed by atoms with E-state index >= 15 is 0 Å². The number of aromatic nitrogens is 2.